The summed E-state index contributed by atoms with van der Waals surface area (Å²) in [5.41, 5.74) is 3.31. The predicted molar refractivity (Wildman–Crippen MR) is 80.1 cm³/mol. The second-order valence-electron chi connectivity index (χ2n) is 4.36. The Morgan fingerprint density at radius 2 is 2.22 bits per heavy atom. The van der Waals surface area contributed by atoms with E-state index >= 15 is 0 Å². The molecule has 1 unspecified atom stereocenters. The molecule has 0 bridgehead atoms. The van der Waals surface area contributed by atoms with Crippen LogP contribution in [0, 0.1) is 0 Å². The van der Waals surface area contributed by atoms with Crippen LogP contribution in [0.1, 0.15) is 6.92 Å². The molecule has 1 heterocycles. The molecule has 0 saturated carbocycles. The quantitative estimate of drug-likeness (QED) is 0.765. The molecule has 2 nitrogen and oxygen atoms in total. The van der Waals surface area contributed by atoms with Crippen molar-refractivity contribution in [2.24, 2.45) is 0 Å². The molecule has 0 aliphatic carbocycles. The molecule has 0 fully saturated rings. The van der Waals surface area contributed by atoms with Crippen molar-refractivity contribution < 1.29 is 0 Å². The van der Waals surface area contributed by atoms with Crippen LogP contribution in [0.3, 0.4) is 0 Å². The van der Waals surface area contributed by atoms with Crippen molar-refractivity contribution >= 4 is 0 Å². The standard InChI is InChI=1S/C16H22N2/c1-6-9-15(7-2)16-17-12-13(3)10-8-11-14(4)18(16)5/h6-11,16-17H,1-2,4,12H2,3,5H3/b11-8-,13-10-,15-9+. The number of rotatable bonds is 3. The summed E-state index contributed by atoms with van der Waals surface area (Å²) in [5, 5.41) is 3.50. The highest BCUT2D eigenvalue weighted by Gasteiger charge is 2.17. The van der Waals surface area contributed by atoms with E-state index in [9.17, 15) is 0 Å². The highest BCUT2D eigenvalue weighted by molar-refractivity contribution is 5.31. The second kappa shape index (κ2) is 6.82. The highest BCUT2D eigenvalue weighted by atomic mass is 15.3. The average molecular weight is 242 g/mol. The fourth-order valence-corrected chi connectivity index (χ4v) is 1.81. The van der Waals surface area contributed by atoms with Crippen LogP contribution < -0.4 is 5.32 Å². The molecular formula is C16H22N2. The SMILES string of the molecule is C=C/C=C(\C=C)C1NC/C(C)=C\C=C/C(=C)N1C. The zero-order chi connectivity index (χ0) is 13.5. The van der Waals surface area contributed by atoms with Crippen LogP contribution >= 0.6 is 0 Å². The third kappa shape index (κ3) is 3.60. The summed E-state index contributed by atoms with van der Waals surface area (Å²) >= 11 is 0. The van der Waals surface area contributed by atoms with Crippen LogP contribution in [0.4, 0.5) is 0 Å². The van der Waals surface area contributed by atoms with Gasteiger partial charge in [0.25, 0.3) is 0 Å². The van der Waals surface area contributed by atoms with Crippen molar-refractivity contribution in [3.05, 3.63) is 73.0 Å². The Kier molecular flexibility index (Phi) is 5.40. The largest absolute Gasteiger partial charge is 0.356 e. The molecule has 0 amide bonds. The lowest BCUT2D eigenvalue weighted by molar-refractivity contribution is 0.310. The molecule has 1 N–H and O–H groups in total. The Hall–Kier alpha value is -1.80. The maximum atomic E-state index is 4.07. The van der Waals surface area contributed by atoms with Gasteiger partial charge in [-0.05, 0) is 18.6 Å². The molecule has 0 aromatic heterocycles. The van der Waals surface area contributed by atoms with E-state index in [1.54, 1.807) is 6.08 Å². The summed E-state index contributed by atoms with van der Waals surface area (Å²) in [6, 6.07) is 0. The smallest absolute Gasteiger partial charge is 0.106 e. The van der Waals surface area contributed by atoms with E-state index in [1.165, 1.54) is 5.57 Å². The van der Waals surface area contributed by atoms with Gasteiger partial charge in [0.15, 0.2) is 0 Å². The van der Waals surface area contributed by atoms with Crippen LogP contribution in [0.5, 0.6) is 0 Å². The minimum Gasteiger partial charge on any atom is -0.356 e. The van der Waals surface area contributed by atoms with Crippen molar-refractivity contribution in [2.75, 3.05) is 13.6 Å². The first-order valence-corrected chi connectivity index (χ1v) is 6.04. The molecule has 18 heavy (non-hydrogen) atoms. The predicted octanol–water partition coefficient (Wildman–Crippen LogP) is 3.16. The van der Waals surface area contributed by atoms with Gasteiger partial charge in [-0.3, -0.25) is 5.32 Å². The summed E-state index contributed by atoms with van der Waals surface area (Å²) < 4.78 is 0. The molecule has 96 valence electrons. The lowest BCUT2D eigenvalue weighted by Gasteiger charge is -2.32. The maximum Gasteiger partial charge on any atom is 0.106 e. The van der Waals surface area contributed by atoms with Gasteiger partial charge >= 0.3 is 0 Å². The van der Waals surface area contributed by atoms with E-state index in [0.717, 1.165) is 17.8 Å². The number of nitrogens with zero attached hydrogens (tertiary/aromatic N) is 1. The molecule has 0 aromatic carbocycles. The molecule has 2 heteroatoms. The fraction of sp³-hybridized carbons (Fsp3) is 0.250. The van der Waals surface area contributed by atoms with Crippen LogP contribution in [0.2, 0.25) is 0 Å². The molecule has 0 radical (unpaired) electrons. The van der Waals surface area contributed by atoms with Gasteiger partial charge in [-0.25, -0.2) is 0 Å². The van der Waals surface area contributed by atoms with Gasteiger partial charge in [0, 0.05) is 19.3 Å². The summed E-state index contributed by atoms with van der Waals surface area (Å²) in [5.74, 6) is 0. The average Bonchev–Trinajstić information content (AvgIpc) is 2.41. The third-order valence-electron chi connectivity index (χ3n) is 2.95. The van der Waals surface area contributed by atoms with Gasteiger partial charge in [0.05, 0.1) is 0 Å². The third-order valence-corrected chi connectivity index (χ3v) is 2.95. The minimum atomic E-state index is 0.0547. The van der Waals surface area contributed by atoms with Crippen molar-refractivity contribution in [1.29, 1.82) is 0 Å². The van der Waals surface area contributed by atoms with Crippen LogP contribution in [0.15, 0.2) is 73.0 Å². The lowest BCUT2D eigenvalue weighted by atomic mass is 10.1. The van der Waals surface area contributed by atoms with Crippen molar-refractivity contribution in [2.45, 2.75) is 13.1 Å². The van der Waals surface area contributed by atoms with Crippen LogP contribution in [-0.4, -0.2) is 24.7 Å². The first-order chi connectivity index (χ1) is 8.60. The Labute approximate surface area is 110 Å². The number of nitrogens with one attached hydrogen (secondary N) is 1. The van der Waals surface area contributed by atoms with Gasteiger partial charge < -0.3 is 4.90 Å². The fourth-order valence-electron chi connectivity index (χ4n) is 1.81. The summed E-state index contributed by atoms with van der Waals surface area (Å²) in [6.45, 7) is 14.6. The van der Waals surface area contributed by atoms with Gasteiger partial charge in [-0.2, -0.15) is 0 Å². The van der Waals surface area contributed by atoms with Crippen molar-refractivity contribution in [1.82, 2.24) is 10.2 Å². The molecule has 0 saturated heterocycles. The lowest BCUT2D eigenvalue weighted by Crippen LogP contribution is -2.44. The van der Waals surface area contributed by atoms with Gasteiger partial charge in [0.2, 0.25) is 0 Å². The Balaban J connectivity index is 3.07. The van der Waals surface area contributed by atoms with Gasteiger partial charge in [0.1, 0.15) is 6.17 Å². The minimum absolute atomic E-state index is 0.0547. The van der Waals surface area contributed by atoms with E-state index in [-0.39, 0.29) is 6.17 Å². The van der Waals surface area contributed by atoms with E-state index in [2.05, 4.69) is 43.0 Å². The molecule has 0 spiro atoms. The number of likely N-dealkylation sites (N-methyl/N-ethyl adjacent to an activating group) is 1. The van der Waals surface area contributed by atoms with Crippen molar-refractivity contribution in [3.8, 4) is 0 Å². The molecule has 0 aromatic rings. The zero-order valence-corrected chi connectivity index (χ0v) is 11.3. The first kappa shape index (κ1) is 14.3. The Morgan fingerprint density at radius 3 is 2.83 bits per heavy atom. The molecule has 1 atom stereocenters. The van der Waals surface area contributed by atoms with Gasteiger partial charge in [-0.15, -0.1) is 0 Å². The van der Waals surface area contributed by atoms with E-state index in [1.807, 2.05) is 31.4 Å². The number of hydrogen-bond acceptors (Lipinski definition) is 2. The van der Waals surface area contributed by atoms with E-state index in [0.29, 0.717) is 0 Å². The summed E-state index contributed by atoms with van der Waals surface area (Å²) in [4.78, 5) is 2.10. The topological polar surface area (TPSA) is 15.3 Å². The monoisotopic (exact) mass is 242 g/mol. The Bertz CT molecular complexity index is 424. The second-order valence-corrected chi connectivity index (χ2v) is 4.36. The van der Waals surface area contributed by atoms with E-state index in [4.69, 9.17) is 0 Å². The first-order valence-electron chi connectivity index (χ1n) is 6.04. The normalized spacial score (nSPS) is 26.4. The zero-order valence-electron chi connectivity index (χ0n) is 11.3. The van der Waals surface area contributed by atoms with Crippen LogP contribution in [-0.2, 0) is 0 Å². The summed E-state index contributed by atoms with van der Waals surface area (Å²) in [7, 11) is 2.02. The van der Waals surface area contributed by atoms with Crippen LogP contribution in [0.25, 0.3) is 0 Å². The number of hydrogen-bond donors (Lipinski definition) is 1. The highest BCUT2D eigenvalue weighted by Crippen LogP contribution is 2.15. The maximum absolute atomic E-state index is 4.07. The van der Waals surface area contributed by atoms with E-state index < -0.39 is 0 Å². The summed E-state index contributed by atoms with van der Waals surface area (Å²) in [6.07, 6.45) is 11.8. The molecule has 1 rings (SSSR count). The number of allylic oxidation sites excluding steroid dienone is 5. The Morgan fingerprint density at radius 1 is 1.50 bits per heavy atom. The van der Waals surface area contributed by atoms with Gasteiger partial charge in [-0.1, -0.05) is 55.7 Å². The molecule has 1 aliphatic heterocycles. The van der Waals surface area contributed by atoms with Crippen molar-refractivity contribution in [3.63, 3.8) is 0 Å². The molecule has 1 aliphatic rings. The molecular weight excluding hydrogens is 220 g/mol.